The van der Waals surface area contributed by atoms with Crippen LogP contribution in [0.5, 0.6) is 0 Å². The molecule has 0 saturated carbocycles. The topological polar surface area (TPSA) is 66.5 Å². The van der Waals surface area contributed by atoms with Crippen LogP contribution in [0.3, 0.4) is 0 Å². The standard InChI is InChI=1S/C18H24Cl2N2O3S/c1-2-22(26(24,25)17-12-15(19)8-9-16(17)20)13-18(23)21-11-10-14-6-4-3-5-7-14/h6,8-9,12H,2-5,7,10-11,13H2,1H3,(H,21,23). The zero-order valence-corrected chi connectivity index (χ0v) is 17.1. The minimum atomic E-state index is -3.90. The van der Waals surface area contributed by atoms with Gasteiger partial charge in [-0.3, -0.25) is 4.79 Å². The molecular weight excluding hydrogens is 395 g/mol. The van der Waals surface area contributed by atoms with Gasteiger partial charge < -0.3 is 5.32 Å². The Kier molecular flexibility index (Phi) is 7.95. The third-order valence-corrected chi connectivity index (χ3v) is 6.97. The van der Waals surface area contributed by atoms with Gasteiger partial charge in [0.05, 0.1) is 11.6 Å². The van der Waals surface area contributed by atoms with E-state index in [-0.39, 0.29) is 33.9 Å². The fraction of sp³-hybridized carbons (Fsp3) is 0.500. The Morgan fingerprint density at radius 1 is 1.27 bits per heavy atom. The zero-order valence-electron chi connectivity index (χ0n) is 14.8. The van der Waals surface area contributed by atoms with E-state index in [1.165, 1.54) is 36.6 Å². The van der Waals surface area contributed by atoms with E-state index in [0.717, 1.165) is 23.6 Å². The summed E-state index contributed by atoms with van der Waals surface area (Å²) in [6.07, 6.45) is 7.65. The van der Waals surface area contributed by atoms with Gasteiger partial charge in [-0.25, -0.2) is 8.42 Å². The van der Waals surface area contributed by atoms with E-state index in [2.05, 4.69) is 11.4 Å². The molecule has 0 fully saturated rings. The van der Waals surface area contributed by atoms with Crippen molar-refractivity contribution in [2.45, 2.75) is 43.9 Å². The highest BCUT2D eigenvalue weighted by atomic mass is 35.5. The first-order valence-electron chi connectivity index (χ1n) is 8.74. The van der Waals surface area contributed by atoms with Crippen LogP contribution in [-0.4, -0.2) is 38.3 Å². The molecule has 1 aliphatic carbocycles. The van der Waals surface area contributed by atoms with E-state index in [1.807, 2.05) is 0 Å². The molecule has 2 rings (SSSR count). The van der Waals surface area contributed by atoms with Crippen LogP contribution < -0.4 is 5.32 Å². The maximum Gasteiger partial charge on any atom is 0.245 e. The number of hydrogen-bond acceptors (Lipinski definition) is 3. The Labute approximate surface area is 165 Å². The molecule has 1 aliphatic rings. The number of carbonyl (C=O) groups excluding carboxylic acids is 1. The molecule has 1 aromatic rings. The minimum absolute atomic E-state index is 0.0810. The summed E-state index contributed by atoms with van der Waals surface area (Å²) in [4.78, 5) is 12.1. The van der Waals surface area contributed by atoms with E-state index in [1.54, 1.807) is 6.92 Å². The number of likely N-dealkylation sites (N-methyl/N-ethyl adjacent to an activating group) is 1. The Morgan fingerprint density at radius 3 is 2.69 bits per heavy atom. The van der Waals surface area contributed by atoms with Crippen LogP contribution in [0.2, 0.25) is 10.0 Å². The maximum atomic E-state index is 12.8. The van der Waals surface area contributed by atoms with Gasteiger partial charge in [-0.05, 0) is 50.3 Å². The van der Waals surface area contributed by atoms with Gasteiger partial charge in [-0.2, -0.15) is 4.31 Å². The number of benzene rings is 1. The van der Waals surface area contributed by atoms with Crippen LogP contribution in [0.15, 0.2) is 34.7 Å². The van der Waals surface area contributed by atoms with E-state index in [9.17, 15) is 13.2 Å². The molecule has 1 amide bonds. The van der Waals surface area contributed by atoms with Crippen LogP contribution in [0.4, 0.5) is 0 Å². The van der Waals surface area contributed by atoms with Crippen LogP contribution in [0, 0.1) is 0 Å². The maximum absolute atomic E-state index is 12.8. The van der Waals surface area contributed by atoms with Crippen molar-refractivity contribution in [3.05, 3.63) is 39.9 Å². The molecule has 1 aromatic carbocycles. The van der Waals surface area contributed by atoms with Crippen molar-refractivity contribution in [1.29, 1.82) is 0 Å². The molecule has 0 aliphatic heterocycles. The van der Waals surface area contributed by atoms with Crippen molar-refractivity contribution >= 4 is 39.1 Å². The molecule has 0 bridgehead atoms. The monoisotopic (exact) mass is 418 g/mol. The number of hydrogen-bond donors (Lipinski definition) is 1. The lowest BCUT2D eigenvalue weighted by Gasteiger charge is -2.21. The largest absolute Gasteiger partial charge is 0.355 e. The normalized spacial score (nSPS) is 15.0. The van der Waals surface area contributed by atoms with Crippen LogP contribution >= 0.6 is 23.2 Å². The predicted octanol–water partition coefficient (Wildman–Crippen LogP) is 4.01. The highest BCUT2D eigenvalue weighted by Gasteiger charge is 2.27. The first-order chi connectivity index (χ1) is 12.3. The second kappa shape index (κ2) is 9.74. The lowest BCUT2D eigenvalue weighted by Crippen LogP contribution is -2.41. The van der Waals surface area contributed by atoms with Gasteiger partial charge >= 0.3 is 0 Å². The van der Waals surface area contributed by atoms with Gasteiger partial charge in [-0.15, -0.1) is 0 Å². The Hall–Kier alpha value is -1.08. The van der Waals surface area contributed by atoms with Gasteiger partial charge in [0.1, 0.15) is 4.90 Å². The molecular formula is C18H24Cl2N2O3S. The first kappa shape index (κ1) is 21.2. The molecule has 0 unspecified atom stereocenters. The van der Waals surface area contributed by atoms with Gasteiger partial charge in [-0.1, -0.05) is 41.8 Å². The molecule has 0 atom stereocenters. The number of amides is 1. The molecule has 8 heteroatoms. The highest BCUT2D eigenvalue weighted by molar-refractivity contribution is 7.89. The summed E-state index contributed by atoms with van der Waals surface area (Å²) < 4.78 is 26.7. The summed E-state index contributed by atoms with van der Waals surface area (Å²) in [5, 5.41) is 3.15. The fourth-order valence-electron chi connectivity index (χ4n) is 2.89. The van der Waals surface area contributed by atoms with Crippen molar-refractivity contribution in [1.82, 2.24) is 9.62 Å². The van der Waals surface area contributed by atoms with Crippen molar-refractivity contribution in [2.75, 3.05) is 19.6 Å². The SMILES string of the molecule is CCN(CC(=O)NCCC1=CCCCC1)S(=O)(=O)c1cc(Cl)ccc1Cl. The first-order valence-corrected chi connectivity index (χ1v) is 10.9. The van der Waals surface area contributed by atoms with Crippen LogP contribution in [0.25, 0.3) is 0 Å². The number of allylic oxidation sites excluding steroid dienone is 1. The Balaban J connectivity index is 1.97. The molecule has 0 heterocycles. The lowest BCUT2D eigenvalue weighted by atomic mass is 9.97. The molecule has 0 aromatic heterocycles. The van der Waals surface area contributed by atoms with Crippen molar-refractivity contribution in [3.63, 3.8) is 0 Å². The average Bonchev–Trinajstić information content (AvgIpc) is 2.62. The summed E-state index contributed by atoms with van der Waals surface area (Å²) in [6.45, 7) is 2.10. The Morgan fingerprint density at radius 2 is 2.04 bits per heavy atom. The minimum Gasteiger partial charge on any atom is -0.355 e. The highest BCUT2D eigenvalue weighted by Crippen LogP contribution is 2.27. The van der Waals surface area contributed by atoms with Crippen LogP contribution in [-0.2, 0) is 14.8 Å². The zero-order chi connectivity index (χ0) is 19.2. The number of halogens is 2. The third kappa shape index (κ3) is 5.71. The van der Waals surface area contributed by atoms with E-state index < -0.39 is 10.0 Å². The summed E-state index contributed by atoms with van der Waals surface area (Å²) in [6, 6.07) is 4.25. The molecule has 0 radical (unpaired) electrons. The van der Waals surface area contributed by atoms with Crippen molar-refractivity contribution in [3.8, 4) is 0 Å². The fourth-order valence-corrected chi connectivity index (χ4v) is 5.03. The number of nitrogens with one attached hydrogen (secondary N) is 1. The Bertz CT molecular complexity index is 779. The molecule has 0 spiro atoms. The smallest absolute Gasteiger partial charge is 0.245 e. The van der Waals surface area contributed by atoms with Gasteiger partial charge in [0.2, 0.25) is 15.9 Å². The van der Waals surface area contributed by atoms with Gasteiger partial charge in [0, 0.05) is 18.1 Å². The van der Waals surface area contributed by atoms with Gasteiger partial charge in [0.25, 0.3) is 0 Å². The van der Waals surface area contributed by atoms with E-state index in [4.69, 9.17) is 23.2 Å². The average molecular weight is 419 g/mol. The van der Waals surface area contributed by atoms with E-state index >= 15 is 0 Å². The summed E-state index contributed by atoms with van der Waals surface area (Å²) >= 11 is 11.9. The van der Waals surface area contributed by atoms with Crippen LogP contribution in [0.1, 0.15) is 39.0 Å². The second-order valence-electron chi connectivity index (χ2n) is 6.21. The summed E-state index contributed by atoms with van der Waals surface area (Å²) in [5.74, 6) is -0.329. The van der Waals surface area contributed by atoms with Crippen molar-refractivity contribution < 1.29 is 13.2 Å². The van der Waals surface area contributed by atoms with Crippen molar-refractivity contribution in [2.24, 2.45) is 0 Å². The molecule has 144 valence electrons. The predicted molar refractivity (Wildman–Crippen MR) is 105 cm³/mol. The number of sulfonamides is 1. The number of carbonyl (C=O) groups is 1. The number of nitrogens with zero attached hydrogens (tertiary/aromatic N) is 1. The lowest BCUT2D eigenvalue weighted by molar-refractivity contribution is -0.121. The molecule has 1 N–H and O–H groups in total. The quantitative estimate of drug-likeness (QED) is 0.648. The third-order valence-electron chi connectivity index (χ3n) is 4.34. The van der Waals surface area contributed by atoms with E-state index in [0.29, 0.717) is 6.54 Å². The molecule has 0 saturated heterocycles. The molecule has 5 nitrogen and oxygen atoms in total. The molecule has 26 heavy (non-hydrogen) atoms. The number of rotatable bonds is 8. The summed E-state index contributed by atoms with van der Waals surface area (Å²) in [5.41, 5.74) is 1.36. The summed E-state index contributed by atoms with van der Waals surface area (Å²) in [7, 11) is -3.90. The van der Waals surface area contributed by atoms with Gasteiger partial charge in [0.15, 0.2) is 0 Å². The second-order valence-corrected chi connectivity index (χ2v) is 8.96.